The molecule has 1 unspecified atom stereocenters. The Labute approximate surface area is 168 Å². The van der Waals surface area contributed by atoms with E-state index in [1.54, 1.807) is 30.5 Å². The second-order valence-corrected chi connectivity index (χ2v) is 6.91. The third-order valence-corrected chi connectivity index (χ3v) is 5.18. The van der Waals surface area contributed by atoms with Gasteiger partial charge in [0, 0.05) is 39.9 Å². The van der Waals surface area contributed by atoms with Crippen LogP contribution in [-0.4, -0.2) is 32.1 Å². The minimum Gasteiger partial charge on any atom is -0.508 e. The summed E-state index contributed by atoms with van der Waals surface area (Å²) in [5, 5.41) is 20.9. The van der Waals surface area contributed by atoms with E-state index in [1.165, 1.54) is 12.1 Å². The Kier molecular flexibility index (Phi) is 3.78. The molecule has 5 rings (SSSR count). The standard InChI is InChI=1S/C21H14FN5O3/c22-14-7-9(28)5-6-12(14)17-13-8-24-20-16(13)15(18(19(23)29)26-27-20)10-3-1-2-4-11(10)21(30)25-17/h1-8,17,28H,(H2,23,29)(H,24,27)(H,25,30). The Morgan fingerprint density at radius 3 is 2.60 bits per heavy atom. The number of aromatic nitrogens is 3. The van der Waals surface area contributed by atoms with Crippen LogP contribution in [0.25, 0.3) is 22.2 Å². The van der Waals surface area contributed by atoms with E-state index >= 15 is 0 Å². The van der Waals surface area contributed by atoms with Gasteiger partial charge in [0.2, 0.25) is 0 Å². The van der Waals surface area contributed by atoms with E-state index < -0.39 is 23.7 Å². The molecule has 2 amide bonds. The van der Waals surface area contributed by atoms with Crippen LogP contribution in [0.5, 0.6) is 5.75 Å². The van der Waals surface area contributed by atoms with Gasteiger partial charge in [-0.1, -0.05) is 24.3 Å². The molecule has 9 heteroatoms. The Bertz CT molecular complexity index is 1360. The van der Waals surface area contributed by atoms with Crippen LogP contribution in [0.2, 0.25) is 0 Å². The molecule has 1 atom stereocenters. The molecule has 2 aromatic carbocycles. The lowest BCUT2D eigenvalue weighted by Crippen LogP contribution is -2.31. The van der Waals surface area contributed by atoms with Gasteiger partial charge >= 0.3 is 0 Å². The molecule has 1 aliphatic heterocycles. The molecule has 148 valence electrons. The average Bonchev–Trinajstić information content (AvgIpc) is 3.14. The number of phenolic OH excluding ortho intramolecular Hbond substituents is 1. The lowest BCUT2D eigenvalue weighted by Gasteiger charge is -2.24. The first-order chi connectivity index (χ1) is 14.5. The molecule has 0 saturated carbocycles. The van der Waals surface area contributed by atoms with E-state index in [1.807, 2.05) is 0 Å². The molecule has 5 N–H and O–H groups in total. The van der Waals surface area contributed by atoms with Crippen molar-refractivity contribution in [1.82, 2.24) is 20.5 Å². The highest BCUT2D eigenvalue weighted by atomic mass is 19.1. The van der Waals surface area contributed by atoms with Crippen molar-refractivity contribution in [2.45, 2.75) is 6.04 Å². The fourth-order valence-electron chi connectivity index (χ4n) is 3.88. The van der Waals surface area contributed by atoms with Crippen molar-refractivity contribution in [3.63, 3.8) is 0 Å². The van der Waals surface area contributed by atoms with Gasteiger partial charge in [-0.05, 0) is 17.7 Å². The van der Waals surface area contributed by atoms with Gasteiger partial charge < -0.3 is 21.1 Å². The normalized spacial score (nSPS) is 15.2. The maximum absolute atomic E-state index is 14.7. The van der Waals surface area contributed by atoms with Gasteiger partial charge in [-0.2, -0.15) is 0 Å². The molecule has 8 nitrogen and oxygen atoms in total. The number of benzene rings is 2. The fraction of sp³-hybridized carbons (Fsp3) is 0.0476. The van der Waals surface area contributed by atoms with Crippen LogP contribution in [0.3, 0.4) is 0 Å². The summed E-state index contributed by atoms with van der Waals surface area (Å²) < 4.78 is 14.7. The molecular formula is C21H14FN5O3. The second kappa shape index (κ2) is 6.38. The third kappa shape index (κ3) is 2.52. The van der Waals surface area contributed by atoms with Crippen LogP contribution in [0.1, 0.15) is 38.0 Å². The largest absolute Gasteiger partial charge is 0.508 e. The number of rotatable bonds is 2. The lowest BCUT2D eigenvalue weighted by molar-refractivity contribution is 0.0941. The van der Waals surface area contributed by atoms with Crippen LogP contribution >= 0.6 is 0 Å². The van der Waals surface area contributed by atoms with E-state index in [0.29, 0.717) is 27.7 Å². The van der Waals surface area contributed by atoms with Gasteiger partial charge in [0.25, 0.3) is 11.8 Å². The number of nitrogens with two attached hydrogens (primary N) is 1. The monoisotopic (exact) mass is 403 g/mol. The average molecular weight is 403 g/mol. The van der Waals surface area contributed by atoms with Gasteiger partial charge in [-0.15, -0.1) is 10.2 Å². The highest BCUT2D eigenvalue weighted by Crippen LogP contribution is 2.40. The van der Waals surface area contributed by atoms with Crippen molar-refractivity contribution in [2.75, 3.05) is 0 Å². The minimum atomic E-state index is -0.913. The molecule has 30 heavy (non-hydrogen) atoms. The number of carbonyl (C=O) groups is 2. The number of H-pyrrole nitrogens is 1. The summed E-state index contributed by atoms with van der Waals surface area (Å²) in [5.41, 5.74) is 7.57. The van der Waals surface area contributed by atoms with Gasteiger partial charge in [-0.3, -0.25) is 9.59 Å². The van der Waals surface area contributed by atoms with Crippen molar-refractivity contribution in [1.29, 1.82) is 0 Å². The molecule has 0 spiro atoms. The number of aromatic amines is 1. The van der Waals surface area contributed by atoms with Crippen molar-refractivity contribution in [2.24, 2.45) is 5.73 Å². The zero-order valence-electron chi connectivity index (χ0n) is 15.3. The first kappa shape index (κ1) is 17.8. The third-order valence-electron chi connectivity index (χ3n) is 5.18. The molecule has 3 heterocycles. The summed E-state index contributed by atoms with van der Waals surface area (Å²) in [4.78, 5) is 28.2. The predicted octanol–water partition coefficient (Wildman–Crippen LogP) is 2.40. The number of hydrogen-bond donors (Lipinski definition) is 4. The molecule has 1 aliphatic rings. The van der Waals surface area contributed by atoms with Crippen molar-refractivity contribution in [3.05, 3.63) is 76.9 Å². The number of nitrogens with zero attached hydrogens (tertiary/aromatic N) is 2. The Balaban J connectivity index is 1.91. The van der Waals surface area contributed by atoms with E-state index in [-0.39, 0.29) is 22.6 Å². The van der Waals surface area contributed by atoms with Crippen molar-refractivity contribution in [3.8, 4) is 16.9 Å². The summed E-state index contributed by atoms with van der Waals surface area (Å²) in [6.07, 6.45) is 1.58. The number of hydrogen-bond acceptors (Lipinski definition) is 5. The van der Waals surface area contributed by atoms with Crippen LogP contribution in [-0.2, 0) is 0 Å². The number of aromatic hydroxyl groups is 1. The zero-order valence-corrected chi connectivity index (χ0v) is 15.3. The quantitative estimate of drug-likeness (QED) is 0.408. The lowest BCUT2D eigenvalue weighted by atomic mass is 9.88. The number of halogens is 1. The van der Waals surface area contributed by atoms with E-state index in [0.717, 1.165) is 6.07 Å². The van der Waals surface area contributed by atoms with Gasteiger partial charge in [0.05, 0.1) is 6.04 Å². The first-order valence-electron chi connectivity index (χ1n) is 9.02. The molecule has 0 radical (unpaired) electrons. The molecule has 0 fully saturated rings. The molecule has 4 aromatic rings. The van der Waals surface area contributed by atoms with Gasteiger partial charge in [0.15, 0.2) is 11.3 Å². The highest BCUT2D eigenvalue weighted by molar-refractivity contribution is 6.13. The number of carbonyl (C=O) groups excluding carboxylic acids is 2. The van der Waals surface area contributed by atoms with Gasteiger partial charge in [-0.25, -0.2) is 4.39 Å². The maximum atomic E-state index is 14.7. The number of nitrogens with one attached hydrogen (secondary N) is 2. The maximum Gasteiger partial charge on any atom is 0.269 e. The van der Waals surface area contributed by atoms with Crippen LogP contribution in [0.4, 0.5) is 4.39 Å². The Hall–Kier alpha value is -4.27. The summed E-state index contributed by atoms with van der Waals surface area (Å²) >= 11 is 0. The second-order valence-electron chi connectivity index (χ2n) is 6.91. The van der Waals surface area contributed by atoms with E-state index in [2.05, 4.69) is 20.5 Å². The van der Waals surface area contributed by atoms with E-state index in [9.17, 15) is 19.1 Å². The van der Waals surface area contributed by atoms with E-state index in [4.69, 9.17) is 5.73 Å². The molecule has 0 bridgehead atoms. The van der Waals surface area contributed by atoms with Gasteiger partial charge in [0.1, 0.15) is 11.6 Å². The highest BCUT2D eigenvalue weighted by Gasteiger charge is 2.32. The van der Waals surface area contributed by atoms with Crippen LogP contribution < -0.4 is 11.1 Å². The van der Waals surface area contributed by atoms with Crippen molar-refractivity contribution < 1.29 is 19.1 Å². The number of primary amides is 1. The molecule has 2 aromatic heterocycles. The predicted molar refractivity (Wildman–Crippen MR) is 105 cm³/mol. The SMILES string of the molecule is NC(=O)c1nnc2[nH]cc3c2c1-c1ccccc1C(=O)NC3c1ccc(O)cc1F. The molecule has 0 aliphatic carbocycles. The number of phenols is 1. The summed E-state index contributed by atoms with van der Waals surface area (Å²) in [5.74, 6) is -2.19. The van der Waals surface area contributed by atoms with Crippen molar-refractivity contribution >= 4 is 22.8 Å². The number of fused-ring (bicyclic) bond motifs is 2. The molecular weight excluding hydrogens is 389 g/mol. The first-order valence-corrected chi connectivity index (χ1v) is 9.02. The minimum absolute atomic E-state index is 0.0876. The van der Waals surface area contributed by atoms with Crippen LogP contribution in [0.15, 0.2) is 48.7 Å². The smallest absolute Gasteiger partial charge is 0.269 e. The summed E-state index contributed by atoms with van der Waals surface area (Å²) in [6.45, 7) is 0. The fourth-order valence-corrected chi connectivity index (χ4v) is 3.88. The zero-order chi connectivity index (χ0) is 21.0. The Morgan fingerprint density at radius 2 is 1.87 bits per heavy atom. The molecule has 0 saturated heterocycles. The Morgan fingerprint density at radius 1 is 1.10 bits per heavy atom. The number of amides is 2. The summed E-state index contributed by atoms with van der Waals surface area (Å²) in [6, 6.07) is 9.49. The summed E-state index contributed by atoms with van der Waals surface area (Å²) in [7, 11) is 0. The topological polar surface area (TPSA) is 134 Å². The van der Waals surface area contributed by atoms with Crippen LogP contribution in [0, 0.1) is 5.82 Å².